The lowest BCUT2D eigenvalue weighted by atomic mass is 9.44. The van der Waals surface area contributed by atoms with Gasteiger partial charge in [-0.3, -0.25) is 9.48 Å². The monoisotopic (exact) mass is 454 g/mol. The molecule has 8 atom stereocenters. The number of fused-ring (bicyclic) bond motifs is 5. The van der Waals surface area contributed by atoms with Crippen molar-refractivity contribution in [2.24, 2.45) is 46.8 Å². The van der Waals surface area contributed by atoms with E-state index in [4.69, 9.17) is 6.42 Å². The summed E-state index contributed by atoms with van der Waals surface area (Å²) < 4.78 is 1.75. The first-order valence-electron chi connectivity index (χ1n) is 13.5. The molecule has 186 valence electrons. The average Bonchev–Trinajstić information content (AvgIpc) is 3.26. The van der Waals surface area contributed by atoms with E-state index in [1.807, 2.05) is 20.0 Å². The summed E-state index contributed by atoms with van der Waals surface area (Å²) in [5.74, 6) is 8.65. The van der Waals surface area contributed by atoms with E-state index < -0.39 is 0 Å². The highest BCUT2D eigenvalue weighted by Crippen LogP contribution is 2.63. The van der Waals surface area contributed by atoms with Gasteiger partial charge in [0, 0.05) is 13.5 Å². The topological polar surface area (TPSA) is 34.9 Å². The van der Waals surface area contributed by atoms with Gasteiger partial charge in [0.05, 0.1) is 18.3 Å². The van der Waals surface area contributed by atoms with Crippen LogP contribution in [0.4, 0.5) is 0 Å². The van der Waals surface area contributed by atoms with Crippen LogP contribution in [-0.4, -0.2) is 15.6 Å². The van der Waals surface area contributed by atoms with Crippen LogP contribution in [0.5, 0.6) is 0 Å². The lowest BCUT2D eigenvalue weighted by Crippen LogP contribution is -2.54. The van der Waals surface area contributed by atoms with Crippen LogP contribution in [0.1, 0.15) is 106 Å². The Kier molecular flexibility index (Phi) is 8.52. The summed E-state index contributed by atoms with van der Waals surface area (Å²) in [6, 6.07) is 0. The fraction of sp³-hybridized carbons (Fsp3) is 0.800. The number of aromatic nitrogens is 2. The highest BCUT2D eigenvalue weighted by Gasteiger charge is 2.56. The van der Waals surface area contributed by atoms with Crippen LogP contribution in [-0.2, 0) is 11.3 Å². The molecule has 3 nitrogen and oxygen atoms in total. The molecule has 4 fully saturated rings. The van der Waals surface area contributed by atoms with Gasteiger partial charge in [-0.15, -0.1) is 6.42 Å². The Labute approximate surface area is 205 Å². The number of Topliss-reactive ketones (excluding diaryl/α,β-unsaturated/α-hetero) is 1. The maximum atomic E-state index is 13.4. The van der Waals surface area contributed by atoms with Crippen LogP contribution in [0, 0.1) is 59.2 Å². The molecule has 0 aliphatic heterocycles. The predicted octanol–water partition coefficient (Wildman–Crippen LogP) is 7.64. The smallest absolute Gasteiger partial charge is 0.157 e. The molecule has 0 N–H and O–H groups in total. The molecule has 33 heavy (non-hydrogen) atoms. The van der Waals surface area contributed by atoms with Crippen molar-refractivity contribution in [2.75, 3.05) is 0 Å². The van der Waals surface area contributed by atoms with Gasteiger partial charge in [0.25, 0.3) is 0 Å². The number of terminal acetylenes is 1. The summed E-state index contributed by atoms with van der Waals surface area (Å²) >= 11 is 0. The van der Waals surface area contributed by atoms with E-state index in [1.165, 1.54) is 57.8 Å². The minimum Gasteiger partial charge on any atom is -0.297 e. The number of rotatable bonds is 3. The summed E-state index contributed by atoms with van der Waals surface area (Å²) in [7, 11) is 0. The van der Waals surface area contributed by atoms with Crippen molar-refractivity contribution in [3.8, 4) is 12.3 Å². The Morgan fingerprint density at radius 3 is 2.64 bits per heavy atom. The molecule has 1 aromatic rings. The third kappa shape index (κ3) is 4.82. The van der Waals surface area contributed by atoms with Gasteiger partial charge in [0.1, 0.15) is 0 Å². The SMILES string of the molecule is C.C#Cc1cnn(CC(=O)C2CCCC3C4CCC5CC(C)CCC5C4CCC23C)c1.CC.[HH]. The molecule has 0 aromatic carbocycles. The Morgan fingerprint density at radius 2 is 1.91 bits per heavy atom. The van der Waals surface area contributed by atoms with Gasteiger partial charge in [0.15, 0.2) is 5.78 Å². The summed E-state index contributed by atoms with van der Waals surface area (Å²) in [6.07, 6.45) is 22.5. The number of ketones is 1. The van der Waals surface area contributed by atoms with Gasteiger partial charge in [-0.2, -0.15) is 5.10 Å². The minimum atomic E-state index is 0. The van der Waals surface area contributed by atoms with Gasteiger partial charge in [0.2, 0.25) is 0 Å². The third-order valence-corrected chi connectivity index (χ3v) is 9.96. The highest BCUT2D eigenvalue weighted by molar-refractivity contribution is 5.81. The largest absolute Gasteiger partial charge is 0.297 e. The van der Waals surface area contributed by atoms with Crippen LogP contribution in [0.25, 0.3) is 0 Å². The van der Waals surface area contributed by atoms with Crippen LogP contribution in [0.3, 0.4) is 0 Å². The van der Waals surface area contributed by atoms with Gasteiger partial charge >= 0.3 is 0 Å². The standard InChI is InChI=1S/C27H38N2O.C2H6.CH4.H2/c1-4-19-15-28-29(16-19)17-26(30)25-7-5-6-24-23-11-9-20-14-18(2)8-10-21(20)22(23)12-13-27(24,25)3;1-2;;/h1,15-16,18,20-25H,5-14,17H2,2-3H3;1-2H3;1H4;1H. The summed E-state index contributed by atoms with van der Waals surface area (Å²) in [5.41, 5.74) is 0.947. The van der Waals surface area contributed by atoms with Crippen LogP contribution in [0.15, 0.2) is 12.4 Å². The van der Waals surface area contributed by atoms with Crippen molar-refractivity contribution >= 4 is 5.78 Å². The normalized spacial score (nSPS) is 39.3. The van der Waals surface area contributed by atoms with E-state index in [0.29, 0.717) is 12.3 Å². The summed E-state index contributed by atoms with van der Waals surface area (Å²) in [5, 5.41) is 4.32. The van der Waals surface area contributed by atoms with Crippen molar-refractivity contribution < 1.29 is 6.22 Å². The third-order valence-electron chi connectivity index (χ3n) is 9.96. The van der Waals surface area contributed by atoms with Crippen LogP contribution < -0.4 is 0 Å². The van der Waals surface area contributed by atoms with E-state index in [1.54, 1.807) is 10.9 Å². The fourth-order valence-electron chi connectivity index (χ4n) is 8.61. The molecular weight excluding hydrogens is 404 g/mol. The van der Waals surface area contributed by atoms with Crippen LogP contribution in [0.2, 0.25) is 0 Å². The Bertz CT molecular complexity index is 841. The first-order valence-corrected chi connectivity index (χ1v) is 13.5. The first kappa shape index (κ1) is 26.1. The van der Waals surface area contributed by atoms with Crippen molar-refractivity contribution in [2.45, 2.75) is 106 Å². The van der Waals surface area contributed by atoms with Gasteiger partial charge < -0.3 is 0 Å². The maximum absolute atomic E-state index is 13.4. The maximum Gasteiger partial charge on any atom is 0.157 e. The van der Waals surface area contributed by atoms with Crippen molar-refractivity contribution in [3.63, 3.8) is 0 Å². The number of hydrogen-bond acceptors (Lipinski definition) is 2. The van der Waals surface area contributed by atoms with E-state index in [0.717, 1.165) is 47.5 Å². The Balaban J connectivity index is 0.000000995. The zero-order valence-electron chi connectivity index (χ0n) is 20.9. The number of nitrogens with zero attached hydrogens (tertiary/aromatic N) is 2. The second-order valence-corrected chi connectivity index (χ2v) is 11.4. The molecule has 4 aliphatic rings. The molecule has 5 rings (SSSR count). The molecule has 8 unspecified atom stereocenters. The van der Waals surface area contributed by atoms with Crippen molar-refractivity contribution in [3.05, 3.63) is 18.0 Å². The molecule has 0 amide bonds. The predicted molar refractivity (Wildman–Crippen MR) is 140 cm³/mol. The van der Waals surface area contributed by atoms with E-state index in [9.17, 15) is 4.79 Å². The minimum absolute atomic E-state index is 0. The summed E-state index contributed by atoms with van der Waals surface area (Å²) in [6.45, 7) is 9.32. The zero-order valence-corrected chi connectivity index (χ0v) is 20.9. The molecule has 1 aromatic heterocycles. The van der Waals surface area contributed by atoms with Gasteiger partial charge in [-0.05, 0) is 92.3 Å². The number of carbonyl (C=O) groups is 1. The molecule has 0 saturated heterocycles. The molecule has 4 saturated carbocycles. The molecule has 1 heterocycles. The van der Waals surface area contributed by atoms with E-state index in [2.05, 4.69) is 24.9 Å². The zero-order chi connectivity index (χ0) is 22.9. The van der Waals surface area contributed by atoms with Crippen molar-refractivity contribution in [1.82, 2.24) is 9.78 Å². The highest BCUT2D eigenvalue weighted by atomic mass is 16.1. The van der Waals surface area contributed by atoms with E-state index >= 15 is 0 Å². The number of carbonyl (C=O) groups excluding carboxylic acids is 1. The first-order chi connectivity index (χ1) is 15.5. The van der Waals surface area contributed by atoms with Crippen molar-refractivity contribution in [1.29, 1.82) is 0 Å². The molecule has 0 bridgehead atoms. The van der Waals surface area contributed by atoms with Crippen LogP contribution >= 0.6 is 0 Å². The second-order valence-electron chi connectivity index (χ2n) is 11.4. The van der Waals surface area contributed by atoms with Gasteiger partial charge in [-0.25, -0.2) is 0 Å². The molecule has 4 aliphatic carbocycles. The Hall–Kier alpha value is -1.56. The molecule has 0 spiro atoms. The second kappa shape index (κ2) is 10.8. The summed E-state index contributed by atoms with van der Waals surface area (Å²) in [4.78, 5) is 13.4. The molecule has 3 heteroatoms. The fourth-order valence-corrected chi connectivity index (χ4v) is 8.61. The average molecular weight is 455 g/mol. The molecule has 0 radical (unpaired) electrons. The molecular formula is C30H50N2O. The quantitative estimate of drug-likeness (QED) is 0.440. The van der Waals surface area contributed by atoms with Gasteiger partial charge in [-0.1, -0.05) is 53.9 Å². The van der Waals surface area contributed by atoms with E-state index in [-0.39, 0.29) is 20.2 Å². The number of hydrogen-bond donors (Lipinski definition) is 0. The lowest BCUT2D eigenvalue weighted by molar-refractivity contribution is -0.144. The lowest BCUT2D eigenvalue weighted by Gasteiger charge is -2.60. The Morgan fingerprint density at radius 1 is 1.15 bits per heavy atom.